The average Bonchev–Trinajstić information content (AvgIpc) is 3.14. The highest BCUT2D eigenvalue weighted by Crippen LogP contribution is 2.43. The number of morpholine rings is 1. The summed E-state index contributed by atoms with van der Waals surface area (Å²) in [7, 11) is 0. The summed E-state index contributed by atoms with van der Waals surface area (Å²) in [4.78, 5) is 15.9. The molecule has 0 radical (unpaired) electrons. The summed E-state index contributed by atoms with van der Waals surface area (Å²) in [6.07, 6.45) is 0. The van der Waals surface area contributed by atoms with E-state index >= 15 is 0 Å². The first-order valence-electron chi connectivity index (χ1n) is 11.3. The standard InChI is InChI=1S/C28H26FNO3/c1-19-7-8-21(17-25(19)29)27-26(20-5-3-2-4-6-20)23-10-9-22(18-24(23)28(27)31)33-16-13-30-11-14-32-15-12-30/h2-10,17-18H,11-16H2,1H3. The van der Waals surface area contributed by atoms with E-state index in [1.807, 2.05) is 54.6 Å². The van der Waals surface area contributed by atoms with Crippen LogP contribution >= 0.6 is 0 Å². The quantitative estimate of drug-likeness (QED) is 0.538. The predicted molar refractivity (Wildman–Crippen MR) is 127 cm³/mol. The van der Waals surface area contributed by atoms with Crippen LogP contribution in [0.1, 0.15) is 32.6 Å². The molecule has 5 rings (SSSR count). The van der Waals surface area contributed by atoms with E-state index in [1.54, 1.807) is 13.0 Å². The third-order valence-corrected chi connectivity index (χ3v) is 6.28. The summed E-state index contributed by atoms with van der Waals surface area (Å²) >= 11 is 0. The molecular weight excluding hydrogens is 417 g/mol. The molecule has 1 aliphatic carbocycles. The number of ether oxygens (including phenoxy) is 2. The van der Waals surface area contributed by atoms with Gasteiger partial charge in [0.2, 0.25) is 0 Å². The fourth-order valence-electron chi connectivity index (χ4n) is 4.45. The van der Waals surface area contributed by atoms with Gasteiger partial charge in [0.1, 0.15) is 18.2 Å². The van der Waals surface area contributed by atoms with Crippen molar-refractivity contribution in [1.82, 2.24) is 4.90 Å². The lowest BCUT2D eigenvalue weighted by molar-refractivity contribution is 0.0322. The Morgan fingerprint density at radius 2 is 1.70 bits per heavy atom. The number of aryl methyl sites for hydroxylation is 1. The molecule has 5 heteroatoms. The number of halogens is 1. The van der Waals surface area contributed by atoms with Gasteiger partial charge in [-0.1, -0.05) is 42.5 Å². The molecule has 3 aromatic rings. The molecule has 0 saturated carbocycles. The highest BCUT2D eigenvalue weighted by atomic mass is 19.1. The van der Waals surface area contributed by atoms with Crippen LogP contribution in [0.4, 0.5) is 4.39 Å². The lowest BCUT2D eigenvalue weighted by Gasteiger charge is -2.26. The van der Waals surface area contributed by atoms with Gasteiger partial charge in [-0.25, -0.2) is 4.39 Å². The molecule has 0 aromatic heterocycles. The Labute approximate surface area is 193 Å². The number of Topliss-reactive ketones (excluding diaryl/α,β-unsaturated/α-hetero) is 1. The third-order valence-electron chi connectivity index (χ3n) is 6.28. The Kier molecular flexibility index (Phi) is 6.07. The summed E-state index contributed by atoms with van der Waals surface area (Å²) in [5.41, 5.74) is 4.88. The number of rotatable bonds is 6. The van der Waals surface area contributed by atoms with Crippen LogP contribution in [-0.2, 0) is 4.74 Å². The van der Waals surface area contributed by atoms with Crippen molar-refractivity contribution in [3.8, 4) is 5.75 Å². The molecule has 0 spiro atoms. The van der Waals surface area contributed by atoms with Crippen molar-refractivity contribution in [2.24, 2.45) is 0 Å². The smallest absolute Gasteiger partial charge is 0.195 e. The van der Waals surface area contributed by atoms with Gasteiger partial charge in [0.05, 0.1) is 13.2 Å². The van der Waals surface area contributed by atoms with Crippen LogP contribution in [0.2, 0.25) is 0 Å². The van der Waals surface area contributed by atoms with Crippen LogP contribution in [-0.4, -0.2) is 50.1 Å². The molecule has 3 aromatic carbocycles. The van der Waals surface area contributed by atoms with Crippen molar-refractivity contribution in [3.05, 3.63) is 100 Å². The molecule has 0 atom stereocenters. The van der Waals surface area contributed by atoms with Crippen molar-refractivity contribution >= 4 is 16.9 Å². The summed E-state index contributed by atoms with van der Waals surface area (Å²) in [6.45, 7) is 6.40. The minimum absolute atomic E-state index is 0.106. The number of carbonyl (C=O) groups is 1. The monoisotopic (exact) mass is 443 g/mol. The van der Waals surface area contributed by atoms with E-state index in [9.17, 15) is 9.18 Å². The molecular formula is C28H26FNO3. The van der Waals surface area contributed by atoms with Gasteiger partial charge in [0, 0.05) is 36.3 Å². The normalized spacial score (nSPS) is 16.2. The highest BCUT2D eigenvalue weighted by Gasteiger charge is 2.32. The number of hydrogen-bond acceptors (Lipinski definition) is 4. The van der Waals surface area contributed by atoms with Crippen LogP contribution in [0, 0.1) is 12.7 Å². The second-order valence-electron chi connectivity index (χ2n) is 8.42. The fourth-order valence-corrected chi connectivity index (χ4v) is 4.45. The van der Waals surface area contributed by atoms with E-state index < -0.39 is 0 Å². The van der Waals surface area contributed by atoms with Crippen LogP contribution < -0.4 is 4.74 Å². The van der Waals surface area contributed by atoms with E-state index in [-0.39, 0.29) is 11.6 Å². The number of ketones is 1. The molecule has 0 unspecified atom stereocenters. The zero-order valence-corrected chi connectivity index (χ0v) is 18.6. The van der Waals surface area contributed by atoms with E-state index in [0.29, 0.717) is 34.6 Å². The Morgan fingerprint density at radius 3 is 2.45 bits per heavy atom. The minimum atomic E-state index is -0.316. The lowest BCUT2D eigenvalue weighted by Crippen LogP contribution is -2.38. The average molecular weight is 444 g/mol. The van der Waals surface area contributed by atoms with Gasteiger partial charge in [-0.05, 0) is 53.4 Å². The molecule has 1 heterocycles. The molecule has 0 bridgehead atoms. The van der Waals surface area contributed by atoms with Crippen molar-refractivity contribution in [2.75, 3.05) is 39.5 Å². The number of fused-ring (bicyclic) bond motifs is 1. The Bertz CT molecular complexity index is 1210. The first kappa shape index (κ1) is 21.6. The maximum atomic E-state index is 14.4. The van der Waals surface area contributed by atoms with Crippen LogP contribution in [0.15, 0.2) is 66.7 Å². The Hall–Kier alpha value is -3.28. The SMILES string of the molecule is Cc1ccc(C2=C(c3ccccc3)c3ccc(OCCN4CCOCC4)cc3C2=O)cc1F. The number of nitrogens with zero attached hydrogens (tertiary/aromatic N) is 1. The molecule has 1 fully saturated rings. The maximum Gasteiger partial charge on any atom is 0.195 e. The van der Waals surface area contributed by atoms with Crippen molar-refractivity contribution < 1.29 is 18.7 Å². The zero-order valence-electron chi connectivity index (χ0n) is 18.6. The molecule has 0 amide bonds. The third kappa shape index (κ3) is 4.34. The maximum absolute atomic E-state index is 14.4. The number of allylic oxidation sites excluding steroid dienone is 1. The highest BCUT2D eigenvalue weighted by molar-refractivity contribution is 6.41. The molecule has 0 N–H and O–H groups in total. The summed E-state index contributed by atoms with van der Waals surface area (Å²) in [6, 6.07) is 20.5. The number of benzene rings is 3. The summed E-state index contributed by atoms with van der Waals surface area (Å²) < 4.78 is 25.8. The number of carbonyl (C=O) groups excluding carboxylic acids is 1. The van der Waals surface area contributed by atoms with Crippen molar-refractivity contribution in [3.63, 3.8) is 0 Å². The van der Waals surface area contributed by atoms with Crippen LogP contribution in [0.3, 0.4) is 0 Å². The molecule has 1 saturated heterocycles. The van der Waals surface area contributed by atoms with Gasteiger partial charge in [-0.3, -0.25) is 9.69 Å². The largest absolute Gasteiger partial charge is 0.492 e. The molecule has 33 heavy (non-hydrogen) atoms. The van der Waals surface area contributed by atoms with Gasteiger partial charge in [0.25, 0.3) is 0 Å². The van der Waals surface area contributed by atoms with Crippen LogP contribution in [0.5, 0.6) is 5.75 Å². The molecule has 4 nitrogen and oxygen atoms in total. The lowest BCUT2D eigenvalue weighted by atomic mass is 9.94. The summed E-state index contributed by atoms with van der Waals surface area (Å²) in [5.74, 6) is 0.244. The van der Waals surface area contributed by atoms with Crippen molar-refractivity contribution in [2.45, 2.75) is 6.92 Å². The first-order valence-corrected chi connectivity index (χ1v) is 11.3. The molecule has 2 aliphatic rings. The van der Waals surface area contributed by atoms with E-state index in [4.69, 9.17) is 9.47 Å². The van der Waals surface area contributed by atoms with E-state index in [0.717, 1.165) is 49.5 Å². The number of hydrogen-bond donors (Lipinski definition) is 0. The second-order valence-corrected chi connectivity index (χ2v) is 8.42. The molecule has 168 valence electrons. The van der Waals surface area contributed by atoms with Gasteiger partial charge in [-0.15, -0.1) is 0 Å². The Morgan fingerprint density at radius 1 is 0.909 bits per heavy atom. The van der Waals surface area contributed by atoms with E-state index in [2.05, 4.69) is 4.90 Å². The van der Waals surface area contributed by atoms with Crippen LogP contribution in [0.25, 0.3) is 11.1 Å². The zero-order chi connectivity index (χ0) is 22.8. The predicted octanol–water partition coefficient (Wildman–Crippen LogP) is 5.00. The first-order chi connectivity index (χ1) is 16.1. The van der Waals surface area contributed by atoms with Gasteiger partial charge in [0.15, 0.2) is 5.78 Å². The van der Waals surface area contributed by atoms with Gasteiger partial charge in [-0.2, -0.15) is 0 Å². The van der Waals surface area contributed by atoms with Gasteiger partial charge < -0.3 is 9.47 Å². The van der Waals surface area contributed by atoms with Gasteiger partial charge >= 0.3 is 0 Å². The topological polar surface area (TPSA) is 38.8 Å². The fraction of sp³-hybridized carbons (Fsp3) is 0.250. The molecule has 1 aliphatic heterocycles. The Balaban J connectivity index is 1.47. The van der Waals surface area contributed by atoms with E-state index in [1.165, 1.54) is 6.07 Å². The van der Waals surface area contributed by atoms with Crippen molar-refractivity contribution in [1.29, 1.82) is 0 Å². The summed E-state index contributed by atoms with van der Waals surface area (Å²) in [5, 5.41) is 0. The minimum Gasteiger partial charge on any atom is -0.492 e. The second kappa shape index (κ2) is 9.30.